The van der Waals surface area contributed by atoms with Crippen LogP contribution in [0.1, 0.15) is 23.1 Å². The van der Waals surface area contributed by atoms with Crippen LogP contribution in [0.3, 0.4) is 0 Å². The average Bonchev–Trinajstić information content (AvgIpc) is 2.68. The van der Waals surface area contributed by atoms with Gasteiger partial charge in [-0.05, 0) is 24.6 Å². The fourth-order valence-electron chi connectivity index (χ4n) is 1.50. The number of benzene rings is 1. The summed E-state index contributed by atoms with van der Waals surface area (Å²) < 4.78 is 1.09. The van der Waals surface area contributed by atoms with Crippen LogP contribution >= 0.6 is 11.3 Å². The molecule has 1 heterocycles. The van der Waals surface area contributed by atoms with Crippen molar-refractivity contribution in [3.05, 3.63) is 40.2 Å². The maximum atomic E-state index is 9.83. The van der Waals surface area contributed by atoms with E-state index in [1.54, 1.807) is 0 Å². The fourth-order valence-corrected chi connectivity index (χ4v) is 2.59. The average molecular weight is 232 g/mol. The highest BCUT2D eigenvalue weighted by Crippen LogP contribution is 2.28. The summed E-state index contributed by atoms with van der Waals surface area (Å²) in [4.78, 5) is 7.61. The lowest BCUT2D eigenvalue weighted by Gasteiger charge is -2.00. The zero-order chi connectivity index (χ0) is 11.5. The molecule has 0 spiro atoms. The van der Waals surface area contributed by atoms with Crippen molar-refractivity contribution >= 4 is 21.6 Å². The Hall–Kier alpha value is -1.44. The largest absolute Gasteiger partial charge is 0.386 e. The lowest BCUT2D eigenvalue weighted by atomic mass is 10.2. The van der Waals surface area contributed by atoms with E-state index in [4.69, 9.17) is 6.57 Å². The van der Waals surface area contributed by atoms with E-state index in [9.17, 15) is 5.11 Å². The molecule has 3 nitrogen and oxygen atoms in total. The Labute approximate surface area is 98.2 Å². The summed E-state index contributed by atoms with van der Waals surface area (Å²) in [7, 11) is 0. The summed E-state index contributed by atoms with van der Waals surface area (Å²) in [5.74, 6) is 0. The molecule has 0 amide bonds. The van der Waals surface area contributed by atoms with E-state index in [0.29, 0.717) is 18.0 Å². The second-order valence-electron chi connectivity index (χ2n) is 3.71. The molecule has 16 heavy (non-hydrogen) atoms. The Morgan fingerprint density at radius 3 is 3.12 bits per heavy atom. The first-order chi connectivity index (χ1) is 7.70. The Morgan fingerprint density at radius 1 is 1.56 bits per heavy atom. The molecule has 0 saturated heterocycles. The van der Waals surface area contributed by atoms with E-state index in [-0.39, 0.29) is 0 Å². The third kappa shape index (κ3) is 2.21. The molecular weight excluding hydrogens is 220 g/mol. The Kier molecular flexibility index (Phi) is 3.18. The molecule has 1 aromatic heterocycles. The normalized spacial score (nSPS) is 12.6. The van der Waals surface area contributed by atoms with Crippen molar-refractivity contribution in [1.82, 2.24) is 4.98 Å². The fraction of sp³-hybridized carbons (Fsp3) is 0.333. The van der Waals surface area contributed by atoms with Crippen LogP contribution in [0.2, 0.25) is 0 Å². The number of aliphatic hydroxyl groups excluding tert-OH is 1. The third-order valence-corrected chi connectivity index (χ3v) is 3.48. The van der Waals surface area contributed by atoms with Crippen LogP contribution in [0, 0.1) is 13.5 Å². The number of hydrogen-bond acceptors (Lipinski definition) is 3. The molecule has 0 bridgehead atoms. The number of hydrogen-bond donors (Lipinski definition) is 1. The lowest BCUT2D eigenvalue weighted by molar-refractivity contribution is 0.172. The van der Waals surface area contributed by atoms with Crippen LogP contribution in [-0.4, -0.2) is 16.6 Å². The van der Waals surface area contributed by atoms with E-state index in [0.717, 1.165) is 10.2 Å². The topological polar surface area (TPSA) is 37.5 Å². The predicted molar refractivity (Wildman–Crippen MR) is 65.4 cm³/mol. The van der Waals surface area contributed by atoms with Gasteiger partial charge in [0.1, 0.15) is 11.1 Å². The van der Waals surface area contributed by atoms with Gasteiger partial charge in [0.15, 0.2) is 0 Å². The van der Waals surface area contributed by atoms with E-state index >= 15 is 0 Å². The molecule has 1 unspecified atom stereocenters. The van der Waals surface area contributed by atoms with Crippen LogP contribution in [-0.2, 0) is 0 Å². The molecule has 0 aliphatic rings. The molecule has 82 valence electrons. The number of aliphatic hydroxyl groups is 1. The molecule has 1 aromatic carbocycles. The maximum absolute atomic E-state index is 9.83. The summed E-state index contributed by atoms with van der Waals surface area (Å²) in [6, 6.07) is 6.04. The highest BCUT2D eigenvalue weighted by atomic mass is 32.1. The minimum atomic E-state index is -0.605. The molecule has 0 saturated carbocycles. The summed E-state index contributed by atoms with van der Waals surface area (Å²) >= 11 is 1.51. The van der Waals surface area contributed by atoms with Gasteiger partial charge >= 0.3 is 0 Å². The summed E-state index contributed by atoms with van der Waals surface area (Å²) in [6.45, 7) is 9.07. The minimum Gasteiger partial charge on any atom is -0.386 e. The molecule has 4 heteroatoms. The molecular formula is C12H12N2OS. The Balaban J connectivity index is 2.29. The number of aryl methyl sites for hydroxylation is 1. The quantitative estimate of drug-likeness (QED) is 0.826. The SMILES string of the molecule is [C-]#[N+]CCC(O)c1nc2ccc(C)cc2s1. The lowest BCUT2D eigenvalue weighted by Crippen LogP contribution is -1.97. The van der Waals surface area contributed by atoms with Crippen LogP contribution in [0.15, 0.2) is 18.2 Å². The van der Waals surface area contributed by atoms with Gasteiger partial charge in [0.25, 0.3) is 0 Å². The van der Waals surface area contributed by atoms with Crippen LogP contribution < -0.4 is 0 Å². The van der Waals surface area contributed by atoms with Gasteiger partial charge in [0.05, 0.1) is 16.6 Å². The van der Waals surface area contributed by atoms with Crippen molar-refractivity contribution in [2.75, 3.05) is 6.54 Å². The third-order valence-electron chi connectivity index (χ3n) is 2.36. The summed E-state index contributed by atoms with van der Waals surface area (Å²) in [5, 5.41) is 10.5. The number of nitrogens with zero attached hydrogens (tertiary/aromatic N) is 2. The minimum absolute atomic E-state index is 0.343. The van der Waals surface area contributed by atoms with Gasteiger partial charge < -0.3 is 9.95 Å². The first kappa shape index (κ1) is 11.1. The highest BCUT2D eigenvalue weighted by molar-refractivity contribution is 7.18. The number of thiazole rings is 1. The smallest absolute Gasteiger partial charge is 0.217 e. The number of fused-ring (bicyclic) bond motifs is 1. The van der Waals surface area contributed by atoms with E-state index < -0.39 is 6.10 Å². The van der Waals surface area contributed by atoms with Crippen molar-refractivity contribution in [1.29, 1.82) is 0 Å². The first-order valence-corrected chi connectivity index (χ1v) is 5.90. The van der Waals surface area contributed by atoms with E-state index in [2.05, 4.69) is 15.9 Å². The van der Waals surface area contributed by atoms with Crippen molar-refractivity contribution in [3.63, 3.8) is 0 Å². The maximum Gasteiger partial charge on any atom is 0.217 e. The van der Waals surface area contributed by atoms with Crippen molar-refractivity contribution in [3.8, 4) is 0 Å². The number of rotatable bonds is 3. The molecule has 0 fully saturated rings. The molecule has 2 aromatic rings. The van der Waals surface area contributed by atoms with Gasteiger partial charge in [-0.2, -0.15) is 0 Å². The number of aromatic nitrogens is 1. The monoisotopic (exact) mass is 232 g/mol. The summed E-state index contributed by atoms with van der Waals surface area (Å²) in [6.07, 6.45) is -0.144. The van der Waals surface area contributed by atoms with Gasteiger partial charge in [0, 0.05) is 0 Å². The second-order valence-corrected chi connectivity index (χ2v) is 4.77. The molecule has 1 N–H and O–H groups in total. The van der Waals surface area contributed by atoms with Gasteiger partial charge in [-0.1, -0.05) is 6.07 Å². The van der Waals surface area contributed by atoms with Crippen molar-refractivity contribution in [2.24, 2.45) is 0 Å². The van der Waals surface area contributed by atoms with Gasteiger partial charge in [-0.25, -0.2) is 11.6 Å². The van der Waals surface area contributed by atoms with Crippen molar-refractivity contribution in [2.45, 2.75) is 19.4 Å². The van der Waals surface area contributed by atoms with Crippen LogP contribution in [0.4, 0.5) is 0 Å². The molecule has 0 aliphatic carbocycles. The molecule has 0 radical (unpaired) electrons. The van der Waals surface area contributed by atoms with Gasteiger partial charge in [-0.15, -0.1) is 11.3 Å². The highest BCUT2D eigenvalue weighted by Gasteiger charge is 2.14. The predicted octanol–water partition coefficient (Wildman–Crippen LogP) is 2.95. The molecule has 2 rings (SSSR count). The molecule has 1 atom stereocenters. The molecule has 0 aliphatic heterocycles. The van der Waals surface area contributed by atoms with Crippen LogP contribution in [0.25, 0.3) is 15.1 Å². The van der Waals surface area contributed by atoms with Gasteiger partial charge in [-0.3, -0.25) is 0 Å². The first-order valence-electron chi connectivity index (χ1n) is 5.09. The summed E-state index contributed by atoms with van der Waals surface area (Å²) in [5.41, 5.74) is 2.12. The Bertz CT molecular complexity index is 541. The van der Waals surface area contributed by atoms with E-state index in [1.165, 1.54) is 16.9 Å². The van der Waals surface area contributed by atoms with Gasteiger partial charge in [0.2, 0.25) is 6.54 Å². The zero-order valence-corrected chi connectivity index (χ0v) is 9.79. The zero-order valence-electron chi connectivity index (χ0n) is 8.97. The Morgan fingerprint density at radius 2 is 2.38 bits per heavy atom. The van der Waals surface area contributed by atoms with Crippen molar-refractivity contribution < 1.29 is 5.11 Å². The van der Waals surface area contributed by atoms with E-state index in [1.807, 2.05) is 19.1 Å². The van der Waals surface area contributed by atoms with Crippen LogP contribution in [0.5, 0.6) is 0 Å². The standard InChI is InChI=1S/C12H12N2OS/c1-8-3-4-9-11(7-8)16-12(14-9)10(15)5-6-13-2/h3-4,7,10,15H,5-6H2,1H3. The second kappa shape index (κ2) is 4.60.